The Labute approximate surface area is 194 Å². The average Bonchev–Trinajstić information content (AvgIpc) is 3.37. The number of anilines is 2. The van der Waals surface area contributed by atoms with Gasteiger partial charge in [0.05, 0.1) is 11.3 Å². The maximum Gasteiger partial charge on any atom is 0.345 e. The van der Waals surface area contributed by atoms with Crippen LogP contribution in [0.25, 0.3) is 11.1 Å². The van der Waals surface area contributed by atoms with Crippen molar-refractivity contribution >= 4 is 29.3 Å². The van der Waals surface area contributed by atoms with Crippen molar-refractivity contribution in [3.8, 4) is 11.1 Å². The quantitative estimate of drug-likeness (QED) is 0.375. The molecule has 0 radical (unpaired) electrons. The fraction of sp³-hybridized carbons (Fsp3) is 0.160. The van der Waals surface area contributed by atoms with Crippen LogP contribution in [0.4, 0.5) is 25.0 Å². The molecule has 2 amide bonds. The Hall–Kier alpha value is -4.11. The molecule has 1 aliphatic heterocycles. The van der Waals surface area contributed by atoms with Crippen LogP contribution in [0.2, 0.25) is 0 Å². The molecule has 1 heterocycles. The Morgan fingerprint density at radius 3 is 2.18 bits per heavy atom. The molecule has 0 saturated carbocycles. The van der Waals surface area contributed by atoms with E-state index in [-0.39, 0.29) is 11.3 Å². The smallest absolute Gasteiger partial charge is 0.345 e. The first kappa shape index (κ1) is 23.1. The summed E-state index contributed by atoms with van der Waals surface area (Å²) in [4.78, 5) is 36.3. The highest BCUT2D eigenvalue weighted by atomic mass is 19.1. The molecule has 0 aromatic heterocycles. The van der Waals surface area contributed by atoms with Gasteiger partial charge in [0.2, 0.25) is 0 Å². The van der Waals surface area contributed by atoms with Crippen LogP contribution in [-0.4, -0.2) is 30.6 Å². The topological polar surface area (TPSA) is 96.5 Å². The summed E-state index contributed by atoms with van der Waals surface area (Å²) in [7, 11) is 0. The highest BCUT2D eigenvalue weighted by Crippen LogP contribution is 2.23. The van der Waals surface area contributed by atoms with Gasteiger partial charge in [0.25, 0.3) is 0 Å². The summed E-state index contributed by atoms with van der Waals surface area (Å²) in [5.41, 5.74) is 2.21. The summed E-state index contributed by atoms with van der Waals surface area (Å²) in [6, 6.07) is 15.2. The third kappa shape index (κ3) is 5.62. The third-order valence-corrected chi connectivity index (χ3v) is 5.31. The monoisotopic (exact) mass is 465 g/mol. The van der Waals surface area contributed by atoms with Crippen molar-refractivity contribution in [2.75, 3.05) is 17.2 Å². The zero-order chi connectivity index (χ0) is 24.1. The van der Waals surface area contributed by atoms with Gasteiger partial charge in [-0.1, -0.05) is 24.3 Å². The lowest BCUT2D eigenvalue weighted by Gasteiger charge is -2.10. The van der Waals surface area contributed by atoms with E-state index in [1.807, 2.05) is 0 Å². The van der Waals surface area contributed by atoms with Gasteiger partial charge in [-0.05, 0) is 66.9 Å². The van der Waals surface area contributed by atoms with Crippen molar-refractivity contribution in [1.29, 1.82) is 0 Å². The molecule has 34 heavy (non-hydrogen) atoms. The first-order chi connectivity index (χ1) is 16.4. The van der Waals surface area contributed by atoms with E-state index in [9.17, 15) is 23.2 Å². The summed E-state index contributed by atoms with van der Waals surface area (Å²) >= 11 is 0. The highest BCUT2D eigenvalue weighted by Gasteiger charge is 2.26. The molecule has 174 valence electrons. The van der Waals surface area contributed by atoms with Crippen LogP contribution in [0.15, 0.2) is 66.7 Å². The van der Waals surface area contributed by atoms with E-state index in [2.05, 4.69) is 16.0 Å². The van der Waals surface area contributed by atoms with Crippen LogP contribution in [0.1, 0.15) is 23.2 Å². The van der Waals surface area contributed by atoms with E-state index < -0.39 is 35.6 Å². The largest absolute Gasteiger partial charge is 0.388 e. The molecule has 3 aromatic rings. The Bertz CT molecular complexity index is 1210. The number of ether oxygens (including phenoxy) is 1. The lowest BCUT2D eigenvalue weighted by atomic mass is 10.0. The zero-order valence-corrected chi connectivity index (χ0v) is 17.9. The number of amides is 2. The number of hydrogen-bond acceptors (Lipinski definition) is 5. The number of nitrogens with one attached hydrogen (secondary N) is 3. The molecule has 0 aliphatic carbocycles. The second-order valence-corrected chi connectivity index (χ2v) is 7.72. The van der Waals surface area contributed by atoms with Crippen molar-refractivity contribution in [3.05, 3.63) is 83.9 Å². The molecule has 0 bridgehead atoms. The molecule has 1 fully saturated rings. The van der Waals surface area contributed by atoms with E-state index in [0.29, 0.717) is 18.2 Å². The van der Waals surface area contributed by atoms with Crippen molar-refractivity contribution in [2.45, 2.75) is 18.9 Å². The normalized spacial score (nSPS) is 14.9. The number of hydrogen-bond donors (Lipinski definition) is 3. The van der Waals surface area contributed by atoms with Crippen LogP contribution in [0.5, 0.6) is 0 Å². The number of halogens is 2. The summed E-state index contributed by atoms with van der Waals surface area (Å²) in [6.07, 6.45) is 1.52. The van der Waals surface area contributed by atoms with E-state index in [1.54, 1.807) is 48.5 Å². The van der Waals surface area contributed by atoms with Gasteiger partial charge >= 0.3 is 18.0 Å². The molecule has 4 rings (SSSR count). The minimum Gasteiger partial charge on any atom is -0.388 e. The van der Waals surface area contributed by atoms with Gasteiger partial charge in [0.1, 0.15) is 17.7 Å². The molecule has 3 aromatic carbocycles. The van der Waals surface area contributed by atoms with Crippen LogP contribution >= 0.6 is 0 Å². The van der Waals surface area contributed by atoms with Gasteiger partial charge in [-0.15, -0.1) is 0 Å². The lowest BCUT2D eigenvalue weighted by Crippen LogP contribution is -2.33. The minimum absolute atomic E-state index is 0.143. The predicted octanol–water partition coefficient (Wildman–Crippen LogP) is 4.71. The van der Waals surface area contributed by atoms with Crippen LogP contribution < -0.4 is 16.0 Å². The molecule has 1 aliphatic rings. The first-order valence-corrected chi connectivity index (χ1v) is 10.6. The van der Waals surface area contributed by atoms with Crippen LogP contribution in [0.3, 0.4) is 0 Å². The van der Waals surface area contributed by atoms with Crippen LogP contribution in [0, 0.1) is 11.6 Å². The van der Waals surface area contributed by atoms with E-state index in [0.717, 1.165) is 36.2 Å². The summed E-state index contributed by atoms with van der Waals surface area (Å²) < 4.78 is 31.6. The molecule has 1 saturated heterocycles. The van der Waals surface area contributed by atoms with Gasteiger partial charge < -0.3 is 20.7 Å². The summed E-state index contributed by atoms with van der Waals surface area (Å²) in [5, 5.41) is 7.87. The second-order valence-electron chi connectivity index (χ2n) is 7.72. The molecule has 3 N–H and O–H groups in total. The fourth-order valence-electron chi connectivity index (χ4n) is 3.53. The van der Waals surface area contributed by atoms with Crippen molar-refractivity contribution in [2.24, 2.45) is 0 Å². The number of esters is 2. The summed E-state index contributed by atoms with van der Waals surface area (Å²) in [5.74, 6) is -2.88. The highest BCUT2D eigenvalue weighted by molar-refractivity contribution is 6.00. The van der Waals surface area contributed by atoms with Gasteiger partial charge in [0, 0.05) is 11.8 Å². The molecule has 0 unspecified atom stereocenters. The second kappa shape index (κ2) is 10.2. The van der Waals surface area contributed by atoms with Gasteiger partial charge in [-0.25, -0.2) is 23.2 Å². The standard InChI is InChI=1S/C25H21F2N3O4/c26-18-9-12-21(20(27)14-18)30-25(33)29-19-10-7-16(8-11-19)15-3-5-17(6-4-15)23(31)34-24(32)22-2-1-13-28-22/h3-12,14,22,28H,1-2,13H2,(H2,29,30,33)/t22-/m0/s1. The molecular weight excluding hydrogens is 444 g/mol. The number of urea groups is 1. The van der Waals surface area contributed by atoms with E-state index in [4.69, 9.17) is 4.74 Å². The van der Waals surface area contributed by atoms with Gasteiger partial charge in [0.15, 0.2) is 0 Å². The SMILES string of the molecule is O=C(Nc1ccc(-c2ccc(C(=O)OC(=O)[C@@H]3CCCN3)cc2)cc1)Nc1ccc(F)cc1F. The Morgan fingerprint density at radius 1 is 0.882 bits per heavy atom. The zero-order valence-electron chi connectivity index (χ0n) is 17.9. The average molecular weight is 465 g/mol. The maximum absolute atomic E-state index is 13.7. The lowest BCUT2D eigenvalue weighted by molar-refractivity contribution is -0.139. The van der Waals surface area contributed by atoms with Crippen molar-refractivity contribution < 1.29 is 27.9 Å². The Morgan fingerprint density at radius 2 is 1.56 bits per heavy atom. The minimum atomic E-state index is -0.877. The van der Waals surface area contributed by atoms with Crippen molar-refractivity contribution in [3.63, 3.8) is 0 Å². The Kier molecular flexibility index (Phi) is 6.93. The third-order valence-electron chi connectivity index (χ3n) is 5.31. The van der Waals surface area contributed by atoms with E-state index >= 15 is 0 Å². The fourth-order valence-corrected chi connectivity index (χ4v) is 3.53. The molecule has 9 heteroatoms. The van der Waals surface area contributed by atoms with Gasteiger partial charge in [-0.2, -0.15) is 0 Å². The number of carbonyl (C=O) groups excluding carboxylic acids is 3. The molecule has 7 nitrogen and oxygen atoms in total. The molecule has 0 spiro atoms. The van der Waals surface area contributed by atoms with Gasteiger partial charge in [-0.3, -0.25) is 0 Å². The Balaban J connectivity index is 1.34. The predicted molar refractivity (Wildman–Crippen MR) is 122 cm³/mol. The van der Waals surface area contributed by atoms with E-state index in [1.165, 1.54) is 0 Å². The number of benzene rings is 3. The van der Waals surface area contributed by atoms with Crippen LogP contribution in [-0.2, 0) is 9.53 Å². The maximum atomic E-state index is 13.7. The number of carbonyl (C=O) groups is 3. The first-order valence-electron chi connectivity index (χ1n) is 10.6. The summed E-state index contributed by atoms with van der Waals surface area (Å²) in [6.45, 7) is 0.731. The molecule has 1 atom stereocenters. The van der Waals surface area contributed by atoms with Crippen molar-refractivity contribution in [1.82, 2.24) is 5.32 Å². The molecular formula is C25H21F2N3O4. The number of rotatable bonds is 5.